The van der Waals surface area contributed by atoms with E-state index in [4.69, 9.17) is 0 Å². The highest BCUT2D eigenvalue weighted by Gasteiger charge is 2.17. The second-order valence-corrected chi connectivity index (χ2v) is 6.33. The van der Waals surface area contributed by atoms with E-state index in [1.165, 1.54) is 18.2 Å². The number of aromatic hydroxyl groups is 1. The molecule has 1 aromatic carbocycles. The van der Waals surface area contributed by atoms with Crippen LogP contribution in [-0.2, 0) is 0 Å². The van der Waals surface area contributed by atoms with E-state index in [9.17, 15) is 9.90 Å². The molecule has 5 heteroatoms. The van der Waals surface area contributed by atoms with E-state index in [2.05, 4.69) is 21.2 Å². The average molecular weight is 316 g/mol. The molecule has 0 saturated carbocycles. The Morgan fingerprint density at radius 3 is 3.06 bits per heavy atom. The molecule has 1 unspecified atom stereocenters. The van der Waals surface area contributed by atoms with E-state index in [-0.39, 0.29) is 11.7 Å². The lowest BCUT2D eigenvalue weighted by Gasteiger charge is -2.11. The van der Waals surface area contributed by atoms with Gasteiger partial charge in [0.2, 0.25) is 0 Å². The van der Waals surface area contributed by atoms with Gasteiger partial charge in [-0.05, 0) is 36.8 Å². The van der Waals surface area contributed by atoms with Gasteiger partial charge in [-0.15, -0.1) is 0 Å². The molecule has 17 heavy (non-hydrogen) atoms. The number of halogens is 1. The van der Waals surface area contributed by atoms with Crippen molar-refractivity contribution in [2.24, 2.45) is 0 Å². The van der Waals surface area contributed by atoms with E-state index in [0.717, 1.165) is 10.9 Å². The van der Waals surface area contributed by atoms with Crippen LogP contribution in [0.4, 0.5) is 0 Å². The third kappa shape index (κ3) is 3.39. The van der Waals surface area contributed by atoms with Gasteiger partial charge in [0.05, 0.1) is 5.56 Å². The van der Waals surface area contributed by atoms with Gasteiger partial charge in [-0.25, -0.2) is 0 Å². The first-order valence-corrected chi connectivity index (χ1v) is 7.39. The number of thioether (sulfide) groups is 1. The van der Waals surface area contributed by atoms with Crippen molar-refractivity contribution in [1.29, 1.82) is 0 Å². The summed E-state index contributed by atoms with van der Waals surface area (Å²) >= 11 is 5.14. The minimum atomic E-state index is -0.206. The number of phenols is 1. The van der Waals surface area contributed by atoms with Crippen LogP contribution in [0, 0.1) is 0 Å². The lowest BCUT2D eigenvalue weighted by molar-refractivity contribution is 0.0951. The Labute approximate surface area is 113 Å². The van der Waals surface area contributed by atoms with Crippen LogP contribution in [0.2, 0.25) is 0 Å². The predicted molar refractivity (Wildman–Crippen MR) is 73.6 cm³/mol. The maximum Gasteiger partial charge on any atom is 0.255 e. The molecule has 92 valence electrons. The number of carbonyl (C=O) groups is 1. The van der Waals surface area contributed by atoms with Crippen molar-refractivity contribution >= 4 is 33.6 Å². The van der Waals surface area contributed by atoms with E-state index >= 15 is 0 Å². The number of hydrogen-bond acceptors (Lipinski definition) is 3. The molecule has 2 N–H and O–H groups in total. The van der Waals surface area contributed by atoms with Gasteiger partial charge in [-0.1, -0.05) is 15.9 Å². The summed E-state index contributed by atoms with van der Waals surface area (Å²) in [4.78, 5) is 11.8. The van der Waals surface area contributed by atoms with Gasteiger partial charge >= 0.3 is 0 Å². The minimum Gasteiger partial charge on any atom is -0.507 e. The van der Waals surface area contributed by atoms with Crippen molar-refractivity contribution in [3.05, 3.63) is 28.2 Å². The highest BCUT2D eigenvalue weighted by atomic mass is 79.9. The number of phenolic OH excluding ortho intramolecular Hbond substituents is 1. The summed E-state index contributed by atoms with van der Waals surface area (Å²) in [5.41, 5.74) is 0.330. The number of hydrogen-bond donors (Lipinski definition) is 2. The zero-order chi connectivity index (χ0) is 12.3. The molecule has 1 fully saturated rings. The quantitative estimate of drug-likeness (QED) is 0.901. The molecule has 1 amide bonds. The van der Waals surface area contributed by atoms with Gasteiger partial charge in [0.1, 0.15) is 5.75 Å². The number of nitrogens with one attached hydrogen (secondary N) is 1. The first-order chi connectivity index (χ1) is 8.16. The second-order valence-electron chi connectivity index (χ2n) is 4.01. The third-order valence-corrected chi connectivity index (χ3v) is 4.61. The summed E-state index contributed by atoms with van der Waals surface area (Å²) < 4.78 is 0.762. The Kier molecular flexibility index (Phi) is 4.34. The number of benzene rings is 1. The van der Waals surface area contributed by atoms with E-state index in [0.29, 0.717) is 17.4 Å². The Balaban J connectivity index is 1.94. The number of carbonyl (C=O) groups excluding carboxylic acids is 1. The predicted octanol–water partition coefficient (Wildman–Crippen LogP) is 2.78. The topological polar surface area (TPSA) is 49.3 Å². The summed E-state index contributed by atoms with van der Waals surface area (Å²) in [7, 11) is 0. The molecule has 0 bridgehead atoms. The fraction of sp³-hybridized carbons (Fsp3) is 0.417. The molecule has 1 aromatic rings. The first-order valence-electron chi connectivity index (χ1n) is 5.55. The van der Waals surface area contributed by atoms with Crippen molar-refractivity contribution < 1.29 is 9.90 Å². The zero-order valence-electron chi connectivity index (χ0n) is 9.28. The van der Waals surface area contributed by atoms with Crippen LogP contribution < -0.4 is 5.32 Å². The Morgan fingerprint density at radius 2 is 2.41 bits per heavy atom. The molecule has 1 saturated heterocycles. The van der Waals surface area contributed by atoms with Crippen LogP contribution in [0.15, 0.2) is 22.7 Å². The second kappa shape index (κ2) is 5.78. The van der Waals surface area contributed by atoms with E-state index < -0.39 is 0 Å². The number of amides is 1. The molecule has 1 aliphatic rings. The number of rotatable bonds is 3. The molecule has 1 heterocycles. The van der Waals surface area contributed by atoms with Crippen LogP contribution in [0.1, 0.15) is 23.2 Å². The van der Waals surface area contributed by atoms with E-state index in [1.807, 2.05) is 11.8 Å². The summed E-state index contributed by atoms with van der Waals surface area (Å²) in [6, 6.07) is 4.90. The van der Waals surface area contributed by atoms with Crippen molar-refractivity contribution in [1.82, 2.24) is 5.32 Å². The molecule has 0 aromatic heterocycles. The fourth-order valence-electron chi connectivity index (χ4n) is 1.80. The maximum atomic E-state index is 11.8. The molecule has 1 atom stereocenters. The fourth-order valence-corrected chi connectivity index (χ4v) is 3.35. The Bertz CT molecular complexity index is 419. The van der Waals surface area contributed by atoms with Gasteiger partial charge in [0, 0.05) is 16.3 Å². The first kappa shape index (κ1) is 12.8. The Morgan fingerprint density at radius 1 is 1.59 bits per heavy atom. The van der Waals surface area contributed by atoms with Gasteiger partial charge in [0.25, 0.3) is 5.91 Å². The van der Waals surface area contributed by atoms with Crippen LogP contribution >= 0.6 is 27.7 Å². The molecule has 0 aliphatic carbocycles. The smallest absolute Gasteiger partial charge is 0.255 e. The molecule has 0 spiro atoms. The summed E-state index contributed by atoms with van der Waals surface area (Å²) in [5.74, 6) is 0.989. The molecule has 1 aliphatic heterocycles. The largest absolute Gasteiger partial charge is 0.507 e. The SMILES string of the molecule is O=C(NCC1CCCS1)c1ccc(Br)cc1O. The molecule has 2 rings (SSSR count). The van der Waals surface area contributed by atoms with Crippen LogP contribution in [0.25, 0.3) is 0 Å². The van der Waals surface area contributed by atoms with Gasteiger partial charge in [-0.3, -0.25) is 4.79 Å². The Hall–Kier alpha value is -0.680. The van der Waals surface area contributed by atoms with Crippen LogP contribution in [0.5, 0.6) is 5.75 Å². The molecular weight excluding hydrogens is 302 g/mol. The molecular formula is C12H14BrNO2S. The standard InChI is InChI=1S/C12H14BrNO2S/c13-8-3-4-10(11(15)6-8)12(16)14-7-9-2-1-5-17-9/h3-4,6,9,15H,1-2,5,7H2,(H,14,16). The highest BCUT2D eigenvalue weighted by molar-refractivity contribution is 9.10. The monoisotopic (exact) mass is 315 g/mol. The summed E-state index contributed by atoms with van der Waals surface area (Å²) in [5, 5.41) is 13.0. The lowest BCUT2D eigenvalue weighted by Crippen LogP contribution is -2.29. The highest BCUT2D eigenvalue weighted by Crippen LogP contribution is 2.26. The van der Waals surface area contributed by atoms with Gasteiger partial charge < -0.3 is 10.4 Å². The normalized spacial score (nSPS) is 19.2. The van der Waals surface area contributed by atoms with Crippen molar-refractivity contribution in [3.8, 4) is 5.75 Å². The van der Waals surface area contributed by atoms with Crippen molar-refractivity contribution in [2.45, 2.75) is 18.1 Å². The summed E-state index contributed by atoms with van der Waals surface area (Å²) in [6.07, 6.45) is 2.39. The van der Waals surface area contributed by atoms with Crippen molar-refractivity contribution in [2.75, 3.05) is 12.3 Å². The van der Waals surface area contributed by atoms with Crippen LogP contribution in [0.3, 0.4) is 0 Å². The minimum absolute atomic E-state index is 0.0101. The summed E-state index contributed by atoms with van der Waals surface area (Å²) in [6.45, 7) is 0.680. The van der Waals surface area contributed by atoms with Gasteiger partial charge in [0.15, 0.2) is 0 Å². The molecule has 0 radical (unpaired) electrons. The van der Waals surface area contributed by atoms with Crippen molar-refractivity contribution in [3.63, 3.8) is 0 Å². The lowest BCUT2D eigenvalue weighted by atomic mass is 10.2. The zero-order valence-corrected chi connectivity index (χ0v) is 11.7. The van der Waals surface area contributed by atoms with Crippen LogP contribution in [-0.4, -0.2) is 28.6 Å². The molecule has 3 nitrogen and oxygen atoms in total. The third-order valence-electron chi connectivity index (χ3n) is 2.72. The maximum absolute atomic E-state index is 11.8. The van der Waals surface area contributed by atoms with E-state index in [1.54, 1.807) is 12.1 Å². The average Bonchev–Trinajstić information content (AvgIpc) is 2.78. The van der Waals surface area contributed by atoms with Gasteiger partial charge in [-0.2, -0.15) is 11.8 Å².